The maximum absolute atomic E-state index is 5.95. The third kappa shape index (κ3) is 3.63. The highest BCUT2D eigenvalue weighted by atomic mass is 15.1. The van der Waals surface area contributed by atoms with E-state index in [0.717, 1.165) is 6.54 Å². The fraction of sp³-hybridized carbons (Fsp3) is 0.312. The van der Waals surface area contributed by atoms with Crippen molar-refractivity contribution >= 4 is 0 Å². The van der Waals surface area contributed by atoms with E-state index in [1.165, 1.54) is 16.7 Å². The van der Waals surface area contributed by atoms with Crippen molar-refractivity contribution in [2.75, 3.05) is 13.6 Å². The first-order valence-electron chi connectivity index (χ1n) is 6.56. The van der Waals surface area contributed by atoms with Crippen LogP contribution in [0, 0.1) is 6.92 Å². The van der Waals surface area contributed by atoms with E-state index < -0.39 is 0 Å². The summed E-state index contributed by atoms with van der Waals surface area (Å²) >= 11 is 0. The lowest BCUT2D eigenvalue weighted by Crippen LogP contribution is -2.30. The van der Waals surface area contributed by atoms with Crippen molar-refractivity contribution in [3.63, 3.8) is 0 Å². The molecule has 2 aromatic rings. The Morgan fingerprint density at radius 3 is 2.74 bits per heavy atom. The molecule has 100 valence electrons. The molecule has 0 radical (unpaired) electrons. The molecule has 3 nitrogen and oxygen atoms in total. The number of nitrogens with two attached hydrogens (primary N) is 1. The van der Waals surface area contributed by atoms with Gasteiger partial charge in [0.25, 0.3) is 0 Å². The minimum absolute atomic E-state index is 0.236. The van der Waals surface area contributed by atoms with Gasteiger partial charge in [-0.05, 0) is 31.2 Å². The van der Waals surface area contributed by atoms with Crippen molar-refractivity contribution in [2.24, 2.45) is 5.73 Å². The average molecular weight is 255 g/mol. The van der Waals surface area contributed by atoms with Crippen LogP contribution in [-0.2, 0) is 6.54 Å². The third-order valence-electron chi connectivity index (χ3n) is 3.34. The topological polar surface area (TPSA) is 42.1 Å². The number of likely N-dealkylation sites (N-methyl/N-ethyl adjacent to an activating group) is 1. The van der Waals surface area contributed by atoms with Crippen LogP contribution in [0.3, 0.4) is 0 Å². The van der Waals surface area contributed by atoms with Crippen LogP contribution in [0.2, 0.25) is 0 Å². The van der Waals surface area contributed by atoms with Gasteiger partial charge >= 0.3 is 0 Å². The fourth-order valence-corrected chi connectivity index (χ4v) is 2.34. The Balaban J connectivity index is 2.13. The normalized spacial score (nSPS) is 12.6. The number of rotatable bonds is 5. The van der Waals surface area contributed by atoms with Gasteiger partial charge in [0.05, 0.1) is 0 Å². The maximum Gasteiger partial charge on any atom is 0.0471 e. The minimum atomic E-state index is 0.236. The summed E-state index contributed by atoms with van der Waals surface area (Å²) in [5.41, 5.74) is 9.70. The molecular formula is C16H21N3. The zero-order valence-electron chi connectivity index (χ0n) is 11.6. The predicted molar refractivity (Wildman–Crippen MR) is 78.7 cm³/mol. The van der Waals surface area contributed by atoms with Crippen molar-refractivity contribution in [2.45, 2.75) is 19.5 Å². The number of benzene rings is 1. The van der Waals surface area contributed by atoms with Crippen molar-refractivity contribution in [3.8, 4) is 0 Å². The van der Waals surface area contributed by atoms with Gasteiger partial charge in [0, 0.05) is 31.5 Å². The summed E-state index contributed by atoms with van der Waals surface area (Å²) in [6.07, 6.45) is 3.70. The van der Waals surface area contributed by atoms with E-state index in [1.54, 1.807) is 6.20 Å². The van der Waals surface area contributed by atoms with E-state index in [1.807, 2.05) is 12.3 Å². The zero-order valence-corrected chi connectivity index (χ0v) is 11.6. The first-order valence-corrected chi connectivity index (χ1v) is 6.56. The Hall–Kier alpha value is -1.71. The minimum Gasteiger partial charge on any atom is -0.329 e. The Labute approximate surface area is 115 Å². The summed E-state index contributed by atoms with van der Waals surface area (Å²) in [4.78, 5) is 6.42. The van der Waals surface area contributed by atoms with E-state index in [9.17, 15) is 0 Å². The van der Waals surface area contributed by atoms with Gasteiger partial charge in [-0.1, -0.05) is 35.9 Å². The van der Waals surface area contributed by atoms with Gasteiger partial charge in [0.15, 0.2) is 0 Å². The molecule has 2 rings (SSSR count). The fourth-order valence-electron chi connectivity index (χ4n) is 2.34. The molecule has 0 aliphatic carbocycles. The molecule has 0 saturated heterocycles. The summed E-state index contributed by atoms with van der Waals surface area (Å²) in [6, 6.07) is 12.8. The van der Waals surface area contributed by atoms with E-state index >= 15 is 0 Å². The summed E-state index contributed by atoms with van der Waals surface area (Å²) in [5, 5.41) is 0. The average Bonchev–Trinajstić information content (AvgIpc) is 2.41. The van der Waals surface area contributed by atoms with E-state index in [4.69, 9.17) is 5.73 Å². The van der Waals surface area contributed by atoms with Crippen LogP contribution in [0.5, 0.6) is 0 Å². The molecule has 0 saturated carbocycles. The SMILES string of the molecule is Cc1cccc(C(CN)N(C)Cc2cccnc2)c1. The second kappa shape index (κ2) is 6.45. The lowest BCUT2D eigenvalue weighted by molar-refractivity contribution is 0.241. The van der Waals surface area contributed by atoms with E-state index in [2.05, 4.69) is 54.2 Å². The van der Waals surface area contributed by atoms with Crippen LogP contribution in [0.4, 0.5) is 0 Å². The first-order chi connectivity index (χ1) is 9.20. The molecule has 0 aliphatic rings. The van der Waals surface area contributed by atoms with Crippen LogP contribution < -0.4 is 5.73 Å². The lowest BCUT2D eigenvalue weighted by atomic mass is 10.0. The molecule has 0 amide bonds. The number of aryl methyl sites for hydroxylation is 1. The lowest BCUT2D eigenvalue weighted by Gasteiger charge is -2.27. The summed E-state index contributed by atoms with van der Waals surface area (Å²) in [7, 11) is 2.10. The van der Waals surface area contributed by atoms with Crippen LogP contribution >= 0.6 is 0 Å². The van der Waals surface area contributed by atoms with Gasteiger partial charge in [0.1, 0.15) is 0 Å². The summed E-state index contributed by atoms with van der Waals surface area (Å²) in [6.45, 7) is 3.57. The molecule has 1 heterocycles. The first kappa shape index (κ1) is 13.7. The van der Waals surface area contributed by atoms with Gasteiger partial charge in [-0.15, -0.1) is 0 Å². The third-order valence-corrected chi connectivity index (χ3v) is 3.34. The molecule has 3 heteroatoms. The molecule has 2 N–H and O–H groups in total. The second-order valence-electron chi connectivity index (χ2n) is 4.94. The van der Waals surface area contributed by atoms with Gasteiger partial charge in [-0.25, -0.2) is 0 Å². The highest BCUT2D eigenvalue weighted by Crippen LogP contribution is 2.20. The monoisotopic (exact) mass is 255 g/mol. The molecule has 0 aliphatic heterocycles. The van der Waals surface area contributed by atoms with E-state index in [0.29, 0.717) is 6.54 Å². The number of nitrogens with zero attached hydrogens (tertiary/aromatic N) is 2. The second-order valence-corrected chi connectivity index (χ2v) is 4.94. The van der Waals surface area contributed by atoms with Crippen molar-refractivity contribution in [1.82, 2.24) is 9.88 Å². The number of aromatic nitrogens is 1. The Kier molecular flexibility index (Phi) is 4.66. The molecule has 0 spiro atoms. The molecule has 19 heavy (non-hydrogen) atoms. The highest BCUT2D eigenvalue weighted by molar-refractivity contribution is 5.25. The summed E-state index contributed by atoms with van der Waals surface area (Å²) < 4.78 is 0. The number of pyridine rings is 1. The zero-order chi connectivity index (χ0) is 13.7. The van der Waals surface area contributed by atoms with Gasteiger partial charge in [-0.3, -0.25) is 9.88 Å². The molecule has 0 fully saturated rings. The molecule has 1 aromatic heterocycles. The molecule has 1 aromatic carbocycles. The predicted octanol–water partition coefficient (Wildman–Crippen LogP) is 2.52. The Morgan fingerprint density at radius 1 is 1.26 bits per heavy atom. The van der Waals surface area contributed by atoms with Crippen molar-refractivity contribution < 1.29 is 0 Å². The Bertz CT molecular complexity index is 510. The van der Waals surface area contributed by atoms with Crippen molar-refractivity contribution in [1.29, 1.82) is 0 Å². The highest BCUT2D eigenvalue weighted by Gasteiger charge is 2.15. The largest absolute Gasteiger partial charge is 0.329 e. The van der Waals surface area contributed by atoms with Crippen LogP contribution in [0.15, 0.2) is 48.8 Å². The van der Waals surface area contributed by atoms with Gasteiger partial charge in [-0.2, -0.15) is 0 Å². The molecule has 1 unspecified atom stereocenters. The molecule has 0 bridgehead atoms. The van der Waals surface area contributed by atoms with Crippen LogP contribution in [0.1, 0.15) is 22.7 Å². The summed E-state index contributed by atoms with van der Waals surface area (Å²) in [5.74, 6) is 0. The number of hydrogen-bond acceptors (Lipinski definition) is 3. The molecule has 1 atom stereocenters. The van der Waals surface area contributed by atoms with Crippen LogP contribution in [-0.4, -0.2) is 23.5 Å². The standard InChI is InChI=1S/C16H21N3/c1-13-5-3-7-15(9-13)16(10-17)19(2)12-14-6-4-8-18-11-14/h3-9,11,16H,10,12,17H2,1-2H3. The van der Waals surface area contributed by atoms with Crippen LogP contribution in [0.25, 0.3) is 0 Å². The van der Waals surface area contributed by atoms with E-state index in [-0.39, 0.29) is 6.04 Å². The smallest absolute Gasteiger partial charge is 0.0471 e. The van der Waals surface area contributed by atoms with Gasteiger partial charge < -0.3 is 5.73 Å². The maximum atomic E-state index is 5.95. The Morgan fingerprint density at radius 2 is 2.11 bits per heavy atom. The molecular weight excluding hydrogens is 234 g/mol. The van der Waals surface area contributed by atoms with Gasteiger partial charge in [0.2, 0.25) is 0 Å². The number of hydrogen-bond donors (Lipinski definition) is 1. The quantitative estimate of drug-likeness (QED) is 0.892. The van der Waals surface area contributed by atoms with Crippen molar-refractivity contribution in [3.05, 3.63) is 65.5 Å².